The zero-order valence-corrected chi connectivity index (χ0v) is 11.4. The van der Waals surface area contributed by atoms with Gasteiger partial charge in [-0.2, -0.15) is 0 Å². The van der Waals surface area contributed by atoms with Crippen molar-refractivity contribution in [3.05, 3.63) is 35.4 Å². The first-order valence-corrected chi connectivity index (χ1v) is 6.83. The summed E-state index contributed by atoms with van der Waals surface area (Å²) in [6.07, 6.45) is 4.66. The summed E-state index contributed by atoms with van der Waals surface area (Å²) >= 11 is 0. The van der Waals surface area contributed by atoms with E-state index in [0.29, 0.717) is 0 Å². The minimum absolute atomic E-state index is 0.0275. The molecule has 1 aromatic rings. The first-order chi connectivity index (χ1) is 7.98. The molecule has 1 fully saturated rings. The van der Waals surface area contributed by atoms with Gasteiger partial charge < -0.3 is 5.73 Å². The van der Waals surface area contributed by atoms with Gasteiger partial charge in [0.25, 0.3) is 0 Å². The van der Waals surface area contributed by atoms with Crippen LogP contribution >= 0.6 is 0 Å². The summed E-state index contributed by atoms with van der Waals surface area (Å²) in [6.45, 7) is 6.86. The monoisotopic (exact) mass is 231 g/mol. The van der Waals surface area contributed by atoms with Crippen LogP contribution in [-0.2, 0) is 6.42 Å². The van der Waals surface area contributed by atoms with E-state index in [0.717, 1.165) is 18.3 Å². The van der Waals surface area contributed by atoms with Crippen LogP contribution in [0.4, 0.5) is 0 Å². The maximum Gasteiger partial charge on any atom is 0.0197 e. The molecule has 1 heteroatoms. The molecule has 2 rings (SSSR count). The van der Waals surface area contributed by atoms with Crippen LogP contribution < -0.4 is 5.73 Å². The third-order valence-electron chi connectivity index (χ3n) is 4.44. The van der Waals surface area contributed by atoms with Crippen LogP contribution in [0.5, 0.6) is 0 Å². The zero-order valence-electron chi connectivity index (χ0n) is 11.4. The van der Waals surface area contributed by atoms with Gasteiger partial charge in [0.2, 0.25) is 0 Å². The second-order valence-electron chi connectivity index (χ2n) is 6.23. The molecule has 1 aromatic carbocycles. The van der Waals surface area contributed by atoms with Crippen LogP contribution in [0.1, 0.15) is 44.2 Å². The average molecular weight is 231 g/mol. The molecule has 0 spiro atoms. The van der Waals surface area contributed by atoms with Crippen molar-refractivity contribution in [3.63, 3.8) is 0 Å². The van der Waals surface area contributed by atoms with Crippen molar-refractivity contribution in [1.29, 1.82) is 0 Å². The molecule has 0 bridgehead atoms. The summed E-state index contributed by atoms with van der Waals surface area (Å²) in [5.41, 5.74) is 9.36. The van der Waals surface area contributed by atoms with Crippen molar-refractivity contribution in [2.45, 2.75) is 52.0 Å². The number of benzene rings is 1. The van der Waals surface area contributed by atoms with Crippen molar-refractivity contribution in [2.24, 2.45) is 17.6 Å². The molecule has 1 nitrogen and oxygen atoms in total. The first-order valence-electron chi connectivity index (χ1n) is 6.83. The van der Waals surface area contributed by atoms with E-state index in [9.17, 15) is 0 Å². The maximum atomic E-state index is 6.59. The molecule has 2 N–H and O–H groups in total. The third-order valence-corrected chi connectivity index (χ3v) is 4.44. The highest BCUT2D eigenvalue weighted by Gasteiger charge is 2.34. The number of rotatable bonds is 2. The normalized spacial score (nSPS) is 33.6. The second kappa shape index (κ2) is 4.81. The molecule has 0 aromatic heterocycles. The average Bonchev–Trinajstić information content (AvgIpc) is 2.24. The molecule has 0 amide bonds. The number of hydrogen-bond acceptors (Lipinski definition) is 1. The van der Waals surface area contributed by atoms with Crippen LogP contribution in [0.25, 0.3) is 0 Å². The Balaban J connectivity index is 2.07. The van der Waals surface area contributed by atoms with Crippen molar-refractivity contribution in [3.8, 4) is 0 Å². The molecule has 1 aliphatic rings. The van der Waals surface area contributed by atoms with Gasteiger partial charge in [0.15, 0.2) is 0 Å². The molecular formula is C16H25N. The topological polar surface area (TPSA) is 26.0 Å². The van der Waals surface area contributed by atoms with Crippen molar-refractivity contribution >= 4 is 0 Å². The molecule has 94 valence electrons. The van der Waals surface area contributed by atoms with Gasteiger partial charge in [-0.1, -0.05) is 43.7 Å². The lowest BCUT2D eigenvalue weighted by atomic mass is 9.69. The predicted molar refractivity (Wildman–Crippen MR) is 74.0 cm³/mol. The van der Waals surface area contributed by atoms with Gasteiger partial charge in [-0.3, -0.25) is 0 Å². The second-order valence-corrected chi connectivity index (χ2v) is 6.23. The molecule has 17 heavy (non-hydrogen) atoms. The Labute approximate surface area is 105 Å². The van der Waals surface area contributed by atoms with Crippen molar-refractivity contribution in [2.75, 3.05) is 0 Å². The Kier molecular flexibility index (Phi) is 3.58. The highest BCUT2D eigenvalue weighted by Crippen LogP contribution is 2.36. The largest absolute Gasteiger partial charge is 0.325 e. The van der Waals surface area contributed by atoms with Crippen LogP contribution in [0.3, 0.4) is 0 Å². The highest BCUT2D eigenvalue weighted by molar-refractivity contribution is 5.24. The van der Waals surface area contributed by atoms with Gasteiger partial charge in [0.05, 0.1) is 0 Å². The summed E-state index contributed by atoms with van der Waals surface area (Å²) in [6, 6.07) is 8.78. The van der Waals surface area contributed by atoms with Crippen molar-refractivity contribution < 1.29 is 0 Å². The third kappa shape index (κ3) is 3.10. The van der Waals surface area contributed by atoms with Gasteiger partial charge in [-0.05, 0) is 50.0 Å². The molecule has 0 aliphatic heterocycles. The standard InChI is InChI=1S/C16H25N/c1-12-5-4-6-15(9-12)11-16(17)8-7-13(2)14(3)10-16/h4-6,9,13-14H,7-8,10-11,17H2,1-3H3. The lowest BCUT2D eigenvalue weighted by Gasteiger charge is -2.40. The summed E-state index contributed by atoms with van der Waals surface area (Å²) in [5, 5.41) is 0. The molecule has 1 aliphatic carbocycles. The summed E-state index contributed by atoms with van der Waals surface area (Å²) in [4.78, 5) is 0. The smallest absolute Gasteiger partial charge is 0.0197 e. The van der Waals surface area contributed by atoms with E-state index < -0.39 is 0 Å². The fraction of sp³-hybridized carbons (Fsp3) is 0.625. The highest BCUT2D eigenvalue weighted by atomic mass is 14.7. The van der Waals surface area contributed by atoms with E-state index >= 15 is 0 Å². The van der Waals surface area contributed by atoms with E-state index in [-0.39, 0.29) is 5.54 Å². The molecule has 1 saturated carbocycles. The minimum atomic E-state index is 0.0275. The quantitative estimate of drug-likeness (QED) is 0.825. The summed E-state index contributed by atoms with van der Waals surface area (Å²) in [5.74, 6) is 1.60. The van der Waals surface area contributed by atoms with E-state index in [4.69, 9.17) is 5.73 Å². The van der Waals surface area contributed by atoms with Crippen molar-refractivity contribution in [1.82, 2.24) is 0 Å². The minimum Gasteiger partial charge on any atom is -0.325 e. The Morgan fingerprint density at radius 2 is 2.06 bits per heavy atom. The Hall–Kier alpha value is -0.820. The summed E-state index contributed by atoms with van der Waals surface area (Å²) in [7, 11) is 0. The SMILES string of the molecule is Cc1cccc(CC2(N)CCC(C)C(C)C2)c1. The van der Waals surface area contributed by atoms with E-state index in [1.165, 1.54) is 30.4 Å². The van der Waals surface area contributed by atoms with Crippen LogP contribution in [0, 0.1) is 18.8 Å². The zero-order chi connectivity index (χ0) is 12.5. The van der Waals surface area contributed by atoms with Crippen LogP contribution in [0.15, 0.2) is 24.3 Å². The fourth-order valence-corrected chi connectivity index (χ4v) is 3.13. The van der Waals surface area contributed by atoms with E-state index in [1.54, 1.807) is 0 Å². The number of hydrogen-bond donors (Lipinski definition) is 1. The molecule has 0 radical (unpaired) electrons. The molecule has 0 heterocycles. The summed E-state index contributed by atoms with van der Waals surface area (Å²) < 4.78 is 0. The predicted octanol–water partition coefficient (Wildman–Crippen LogP) is 3.69. The molecule has 0 saturated heterocycles. The fourth-order valence-electron chi connectivity index (χ4n) is 3.13. The van der Waals surface area contributed by atoms with E-state index in [2.05, 4.69) is 45.0 Å². The van der Waals surface area contributed by atoms with Gasteiger partial charge in [0, 0.05) is 5.54 Å². The van der Waals surface area contributed by atoms with Crippen LogP contribution in [0.2, 0.25) is 0 Å². The van der Waals surface area contributed by atoms with Crippen LogP contribution in [-0.4, -0.2) is 5.54 Å². The maximum absolute atomic E-state index is 6.59. The lowest BCUT2D eigenvalue weighted by Crippen LogP contribution is -2.47. The van der Waals surface area contributed by atoms with Gasteiger partial charge in [-0.15, -0.1) is 0 Å². The number of nitrogens with two attached hydrogens (primary N) is 1. The Bertz CT molecular complexity index is 385. The molecule has 3 atom stereocenters. The lowest BCUT2D eigenvalue weighted by molar-refractivity contribution is 0.176. The Morgan fingerprint density at radius 3 is 2.71 bits per heavy atom. The number of aryl methyl sites for hydroxylation is 1. The van der Waals surface area contributed by atoms with Gasteiger partial charge >= 0.3 is 0 Å². The first kappa shape index (κ1) is 12.6. The van der Waals surface area contributed by atoms with Gasteiger partial charge in [-0.25, -0.2) is 0 Å². The molecular weight excluding hydrogens is 206 g/mol. The van der Waals surface area contributed by atoms with E-state index in [1.807, 2.05) is 0 Å². The Morgan fingerprint density at radius 1 is 1.29 bits per heavy atom. The molecule has 3 unspecified atom stereocenters. The van der Waals surface area contributed by atoms with Gasteiger partial charge in [0.1, 0.15) is 0 Å².